The van der Waals surface area contributed by atoms with Gasteiger partial charge in [0.15, 0.2) is 0 Å². The number of nitrogens with one attached hydrogen (secondary N) is 1. The van der Waals surface area contributed by atoms with E-state index in [4.69, 9.17) is 0 Å². The van der Waals surface area contributed by atoms with Crippen molar-refractivity contribution in [1.29, 1.82) is 0 Å². The van der Waals surface area contributed by atoms with E-state index in [1.807, 2.05) is 13.0 Å². The quantitative estimate of drug-likeness (QED) is 0.813. The minimum Gasteiger partial charge on any atom is -0.463 e. The van der Waals surface area contributed by atoms with Gasteiger partial charge in [0.1, 0.15) is 5.82 Å². The third-order valence-corrected chi connectivity index (χ3v) is 2.57. The highest BCUT2D eigenvalue weighted by Gasteiger charge is 2.17. The van der Waals surface area contributed by atoms with Gasteiger partial charge in [-0.05, 0) is 27.2 Å². The van der Waals surface area contributed by atoms with E-state index in [0.29, 0.717) is 5.82 Å². The Morgan fingerprint density at radius 2 is 2.12 bits per heavy atom. The number of hydrogen-bond acceptors (Lipinski definition) is 5. The lowest BCUT2D eigenvalue weighted by Gasteiger charge is -2.25. The maximum Gasteiger partial charge on any atom is 0.376 e. The topological polar surface area (TPSA) is 64.1 Å². The van der Waals surface area contributed by atoms with Crippen LogP contribution in [0.2, 0.25) is 0 Å². The van der Waals surface area contributed by atoms with Crippen molar-refractivity contribution in [3.05, 3.63) is 17.6 Å². The van der Waals surface area contributed by atoms with Gasteiger partial charge in [0, 0.05) is 17.3 Å². The Bertz CT molecular complexity index is 416. The third kappa shape index (κ3) is 3.69. The van der Waals surface area contributed by atoms with E-state index >= 15 is 0 Å². The molecule has 0 bridgehead atoms. The highest BCUT2D eigenvalue weighted by atomic mass is 16.5. The Labute approximate surface area is 102 Å². The summed E-state index contributed by atoms with van der Waals surface area (Å²) in [5.74, 6) is 0.206. The van der Waals surface area contributed by atoms with Crippen LogP contribution in [0.15, 0.2) is 6.07 Å². The second-order valence-corrected chi connectivity index (χ2v) is 4.57. The fourth-order valence-corrected chi connectivity index (χ4v) is 1.25. The summed E-state index contributed by atoms with van der Waals surface area (Å²) >= 11 is 0. The average molecular weight is 237 g/mol. The van der Waals surface area contributed by atoms with Crippen LogP contribution in [0, 0.1) is 6.92 Å². The zero-order chi connectivity index (χ0) is 13.1. The highest BCUT2D eigenvalue weighted by molar-refractivity contribution is 5.85. The van der Waals surface area contributed by atoms with E-state index in [0.717, 1.165) is 12.1 Å². The van der Waals surface area contributed by atoms with Crippen LogP contribution in [-0.4, -0.2) is 28.6 Å². The molecule has 0 saturated heterocycles. The predicted octanol–water partition coefficient (Wildman–Crippen LogP) is 2.17. The van der Waals surface area contributed by atoms with Gasteiger partial charge < -0.3 is 10.1 Å². The second-order valence-electron chi connectivity index (χ2n) is 4.57. The number of rotatable bonds is 4. The second kappa shape index (κ2) is 5.12. The summed E-state index contributed by atoms with van der Waals surface area (Å²) in [4.78, 5) is 19.6. The van der Waals surface area contributed by atoms with Gasteiger partial charge in [-0.3, -0.25) is 0 Å². The highest BCUT2D eigenvalue weighted by Crippen LogP contribution is 2.16. The number of anilines is 1. The van der Waals surface area contributed by atoms with Gasteiger partial charge >= 0.3 is 5.97 Å². The Morgan fingerprint density at radius 1 is 1.47 bits per heavy atom. The molecule has 1 rings (SSSR count). The zero-order valence-electron chi connectivity index (χ0n) is 11.0. The van der Waals surface area contributed by atoms with Crippen LogP contribution in [0.5, 0.6) is 0 Å². The van der Waals surface area contributed by atoms with E-state index < -0.39 is 5.97 Å². The summed E-state index contributed by atoms with van der Waals surface area (Å²) in [6.07, 6.45) is 0.948. The molecule has 17 heavy (non-hydrogen) atoms. The SMILES string of the molecule is CCC(C)(C)Nc1cc(C)nc(C(=O)OC)n1. The van der Waals surface area contributed by atoms with Crippen molar-refractivity contribution in [2.75, 3.05) is 12.4 Å². The molecule has 0 radical (unpaired) electrons. The Balaban J connectivity index is 3.01. The fourth-order valence-electron chi connectivity index (χ4n) is 1.25. The summed E-state index contributed by atoms with van der Waals surface area (Å²) < 4.78 is 4.61. The van der Waals surface area contributed by atoms with Crippen molar-refractivity contribution in [3.63, 3.8) is 0 Å². The maximum absolute atomic E-state index is 11.4. The van der Waals surface area contributed by atoms with E-state index in [9.17, 15) is 4.79 Å². The van der Waals surface area contributed by atoms with Crippen molar-refractivity contribution in [2.45, 2.75) is 39.7 Å². The van der Waals surface area contributed by atoms with Crippen LogP contribution in [0.25, 0.3) is 0 Å². The zero-order valence-corrected chi connectivity index (χ0v) is 11.0. The normalized spacial score (nSPS) is 11.1. The largest absolute Gasteiger partial charge is 0.463 e. The number of methoxy groups -OCH3 is 1. The summed E-state index contributed by atoms with van der Waals surface area (Å²) in [6.45, 7) is 8.05. The van der Waals surface area contributed by atoms with Crippen molar-refractivity contribution in [3.8, 4) is 0 Å². The Morgan fingerprint density at radius 3 is 2.65 bits per heavy atom. The molecule has 0 saturated carbocycles. The van der Waals surface area contributed by atoms with E-state index in [1.54, 1.807) is 0 Å². The first kappa shape index (κ1) is 13.4. The lowest BCUT2D eigenvalue weighted by atomic mass is 10.0. The van der Waals surface area contributed by atoms with E-state index in [1.165, 1.54) is 7.11 Å². The first-order valence-electron chi connectivity index (χ1n) is 5.60. The van der Waals surface area contributed by atoms with Crippen LogP contribution in [-0.2, 0) is 4.74 Å². The maximum atomic E-state index is 11.4. The summed E-state index contributed by atoms with van der Waals surface area (Å²) in [5, 5.41) is 3.27. The molecule has 0 aliphatic rings. The molecule has 5 nitrogen and oxygen atoms in total. The lowest BCUT2D eigenvalue weighted by Crippen LogP contribution is -2.30. The van der Waals surface area contributed by atoms with Gasteiger partial charge in [-0.1, -0.05) is 6.92 Å². The minimum atomic E-state index is -0.522. The standard InChI is InChI=1S/C12H19N3O2/c1-6-12(3,4)15-9-7-8(2)13-10(14-9)11(16)17-5/h7H,6H2,1-5H3,(H,13,14,15). The molecule has 1 aromatic heterocycles. The summed E-state index contributed by atoms with van der Waals surface area (Å²) in [7, 11) is 1.32. The summed E-state index contributed by atoms with van der Waals surface area (Å²) in [5.41, 5.74) is 0.656. The number of nitrogens with zero attached hydrogens (tertiary/aromatic N) is 2. The smallest absolute Gasteiger partial charge is 0.376 e. The van der Waals surface area contributed by atoms with Gasteiger partial charge in [-0.15, -0.1) is 0 Å². The summed E-state index contributed by atoms with van der Waals surface area (Å²) in [6, 6.07) is 1.81. The van der Waals surface area contributed by atoms with E-state index in [2.05, 4.69) is 40.8 Å². The van der Waals surface area contributed by atoms with Crippen molar-refractivity contribution >= 4 is 11.8 Å². The molecule has 0 atom stereocenters. The molecule has 0 fully saturated rings. The van der Waals surface area contributed by atoms with Gasteiger partial charge in [-0.2, -0.15) is 0 Å². The number of esters is 1. The molecule has 0 unspecified atom stereocenters. The van der Waals surface area contributed by atoms with E-state index in [-0.39, 0.29) is 11.4 Å². The van der Waals surface area contributed by atoms with Crippen LogP contribution in [0.3, 0.4) is 0 Å². The van der Waals surface area contributed by atoms with Crippen molar-refractivity contribution in [2.24, 2.45) is 0 Å². The molecule has 1 heterocycles. The molecule has 0 aliphatic heterocycles. The van der Waals surface area contributed by atoms with Crippen LogP contribution in [0.4, 0.5) is 5.82 Å². The number of aromatic nitrogens is 2. The predicted molar refractivity (Wildman–Crippen MR) is 66.1 cm³/mol. The van der Waals surface area contributed by atoms with Crippen LogP contribution < -0.4 is 5.32 Å². The number of hydrogen-bond donors (Lipinski definition) is 1. The number of carbonyl (C=O) groups excluding carboxylic acids is 1. The lowest BCUT2D eigenvalue weighted by molar-refractivity contribution is 0.0586. The Hall–Kier alpha value is -1.65. The van der Waals surface area contributed by atoms with Gasteiger partial charge in [0.05, 0.1) is 7.11 Å². The van der Waals surface area contributed by atoms with Crippen molar-refractivity contribution in [1.82, 2.24) is 9.97 Å². The average Bonchev–Trinajstić information content (AvgIpc) is 2.26. The van der Waals surface area contributed by atoms with Gasteiger partial charge in [0.25, 0.3) is 0 Å². The van der Waals surface area contributed by atoms with Gasteiger partial charge in [-0.25, -0.2) is 14.8 Å². The molecule has 5 heteroatoms. The van der Waals surface area contributed by atoms with Gasteiger partial charge in [0.2, 0.25) is 5.82 Å². The number of carbonyl (C=O) groups is 1. The molecule has 0 aliphatic carbocycles. The molecule has 94 valence electrons. The fraction of sp³-hybridized carbons (Fsp3) is 0.583. The first-order valence-corrected chi connectivity index (χ1v) is 5.60. The molecular formula is C12H19N3O2. The molecular weight excluding hydrogens is 218 g/mol. The van der Waals surface area contributed by atoms with Crippen LogP contribution in [0.1, 0.15) is 43.5 Å². The molecule has 0 spiro atoms. The number of aryl methyl sites for hydroxylation is 1. The van der Waals surface area contributed by atoms with Crippen LogP contribution >= 0.6 is 0 Å². The Kier molecular flexibility index (Phi) is 4.04. The third-order valence-electron chi connectivity index (χ3n) is 2.57. The molecule has 0 amide bonds. The number of ether oxygens (including phenoxy) is 1. The van der Waals surface area contributed by atoms with Crippen molar-refractivity contribution < 1.29 is 9.53 Å². The minimum absolute atomic E-state index is 0.0752. The molecule has 1 N–H and O–H groups in total. The molecule has 1 aromatic rings. The molecule has 0 aromatic carbocycles. The first-order chi connectivity index (χ1) is 7.88. The monoisotopic (exact) mass is 237 g/mol.